The number of carbonyl (C=O) groups is 1. The second-order valence-corrected chi connectivity index (χ2v) is 4.84. The molecule has 0 fully saturated rings. The van der Waals surface area contributed by atoms with Gasteiger partial charge in [0.25, 0.3) is 0 Å². The van der Waals surface area contributed by atoms with E-state index in [2.05, 4.69) is 28.6 Å². The normalized spacial score (nSPS) is 16.5. The molecule has 1 aromatic carbocycles. The summed E-state index contributed by atoms with van der Waals surface area (Å²) >= 11 is 0. The van der Waals surface area contributed by atoms with Crippen molar-refractivity contribution in [3.8, 4) is 0 Å². The van der Waals surface area contributed by atoms with Crippen LogP contribution in [-0.2, 0) is 17.8 Å². The maximum atomic E-state index is 11.8. The van der Waals surface area contributed by atoms with E-state index in [9.17, 15) is 4.79 Å². The van der Waals surface area contributed by atoms with Crippen LogP contribution in [0.4, 0.5) is 5.82 Å². The van der Waals surface area contributed by atoms with E-state index in [4.69, 9.17) is 5.73 Å². The van der Waals surface area contributed by atoms with E-state index < -0.39 is 0 Å². The molecule has 0 spiro atoms. The number of benzene rings is 1. The quantitative estimate of drug-likeness (QED) is 0.854. The van der Waals surface area contributed by atoms with E-state index >= 15 is 0 Å². The maximum absolute atomic E-state index is 11.8. The average Bonchev–Trinajstić information content (AvgIpc) is 2.76. The summed E-state index contributed by atoms with van der Waals surface area (Å²) in [5.74, 6) is 0.844. The molecule has 0 saturated heterocycles. The van der Waals surface area contributed by atoms with Crippen molar-refractivity contribution in [2.75, 3.05) is 12.3 Å². The molecule has 2 aromatic rings. The zero-order valence-corrected chi connectivity index (χ0v) is 10.5. The Morgan fingerprint density at radius 3 is 3.00 bits per heavy atom. The van der Waals surface area contributed by atoms with Crippen LogP contribution in [-0.4, -0.2) is 22.2 Å². The van der Waals surface area contributed by atoms with Gasteiger partial charge in [-0.3, -0.25) is 9.48 Å². The number of hydrogen-bond acceptors (Lipinski definition) is 3. The number of nitrogen functional groups attached to an aromatic ring is 1. The van der Waals surface area contributed by atoms with Gasteiger partial charge in [0.1, 0.15) is 12.4 Å². The first-order valence-electron chi connectivity index (χ1n) is 6.36. The molecule has 0 saturated carbocycles. The molecule has 5 heteroatoms. The first-order chi connectivity index (χ1) is 9.22. The third-order valence-corrected chi connectivity index (χ3v) is 3.47. The van der Waals surface area contributed by atoms with Crippen LogP contribution in [0.15, 0.2) is 36.5 Å². The van der Waals surface area contributed by atoms with Crippen LogP contribution >= 0.6 is 0 Å². The molecule has 1 amide bonds. The fourth-order valence-corrected chi connectivity index (χ4v) is 2.45. The third-order valence-electron chi connectivity index (χ3n) is 3.47. The molecule has 1 atom stereocenters. The van der Waals surface area contributed by atoms with E-state index in [0.29, 0.717) is 18.3 Å². The summed E-state index contributed by atoms with van der Waals surface area (Å²) in [5.41, 5.74) is 8.24. The number of anilines is 1. The number of aromatic nitrogens is 2. The van der Waals surface area contributed by atoms with Gasteiger partial charge in [-0.05, 0) is 23.6 Å². The summed E-state index contributed by atoms with van der Waals surface area (Å²) in [4.78, 5) is 11.8. The Kier molecular flexibility index (Phi) is 2.95. The second kappa shape index (κ2) is 4.76. The first-order valence-corrected chi connectivity index (χ1v) is 6.36. The van der Waals surface area contributed by atoms with E-state index in [1.54, 1.807) is 16.9 Å². The van der Waals surface area contributed by atoms with Crippen molar-refractivity contribution in [2.45, 2.75) is 18.9 Å². The molecule has 19 heavy (non-hydrogen) atoms. The van der Waals surface area contributed by atoms with Gasteiger partial charge in [0.05, 0.1) is 0 Å². The fourth-order valence-electron chi connectivity index (χ4n) is 2.45. The minimum Gasteiger partial charge on any atom is -0.382 e. The number of fused-ring (bicyclic) bond motifs is 1. The Bertz CT molecular complexity index is 605. The second-order valence-electron chi connectivity index (χ2n) is 4.84. The number of nitrogens with zero attached hydrogens (tertiary/aromatic N) is 2. The largest absolute Gasteiger partial charge is 0.382 e. The minimum absolute atomic E-state index is 0.0347. The highest BCUT2D eigenvalue weighted by Crippen LogP contribution is 2.33. The van der Waals surface area contributed by atoms with Crippen molar-refractivity contribution in [1.82, 2.24) is 15.1 Å². The number of rotatable bonds is 4. The van der Waals surface area contributed by atoms with Crippen LogP contribution in [0.3, 0.4) is 0 Å². The smallest absolute Gasteiger partial charge is 0.241 e. The molecule has 0 aliphatic heterocycles. The van der Waals surface area contributed by atoms with Crippen molar-refractivity contribution in [3.63, 3.8) is 0 Å². The van der Waals surface area contributed by atoms with Crippen LogP contribution in [0.25, 0.3) is 0 Å². The standard InChI is InChI=1S/C14H16N4O/c15-13-5-6-18(17-13)9-14(19)16-8-11-7-10-3-1-2-4-12(10)11/h1-6,11H,7-9H2,(H2,15,17)(H,16,19). The monoisotopic (exact) mass is 256 g/mol. The van der Waals surface area contributed by atoms with Gasteiger partial charge < -0.3 is 11.1 Å². The van der Waals surface area contributed by atoms with Gasteiger partial charge in [0.15, 0.2) is 0 Å². The van der Waals surface area contributed by atoms with Gasteiger partial charge in [-0.25, -0.2) is 0 Å². The zero-order chi connectivity index (χ0) is 13.2. The Hall–Kier alpha value is -2.30. The molecule has 1 aromatic heterocycles. The number of hydrogen-bond donors (Lipinski definition) is 2. The molecular formula is C14H16N4O. The predicted octanol–water partition coefficient (Wildman–Crippen LogP) is 0.921. The van der Waals surface area contributed by atoms with E-state index in [1.807, 2.05) is 6.07 Å². The lowest BCUT2D eigenvalue weighted by Crippen LogP contribution is -2.35. The molecule has 0 bridgehead atoms. The SMILES string of the molecule is Nc1ccn(CC(=O)NCC2Cc3ccccc32)n1. The van der Waals surface area contributed by atoms with Crippen molar-refractivity contribution in [3.05, 3.63) is 47.7 Å². The number of nitrogens with two attached hydrogens (primary N) is 1. The van der Waals surface area contributed by atoms with Crippen LogP contribution in [0.1, 0.15) is 17.0 Å². The third kappa shape index (κ3) is 2.45. The van der Waals surface area contributed by atoms with Gasteiger partial charge in [0.2, 0.25) is 5.91 Å². The molecule has 3 N–H and O–H groups in total. The summed E-state index contributed by atoms with van der Waals surface area (Å²) in [6.45, 7) is 0.901. The Morgan fingerprint density at radius 2 is 2.26 bits per heavy atom. The Morgan fingerprint density at radius 1 is 1.42 bits per heavy atom. The molecule has 3 rings (SSSR count). The number of nitrogens with one attached hydrogen (secondary N) is 1. The Balaban J connectivity index is 1.50. The Labute approximate surface area is 111 Å². The predicted molar refractivity (Wildman–Crippen MR) is 72.5 cm³/mol. The molecule has 5 nitrogen and oxygen atoms in total. The van der Waals surface area contributed by atoms with Crippen molar-refractivity contribution >= 4 is 11.7 Å². The summed E-state index contributed by atoms with van der Waals surface area (Å²) in [6, 6.07) is 10.0. The van der Waals surface area contributed by atoms with Gasteiger partial charge in [-0.1, -0.05) is 24.3 Å². The van der Waals surface area contributed by atoms with Gasteiger partial charge in [-0.2, -0.15) is 5.10 Å². The summed E-state index contributed by atoms with van der Waals surface area (Å²) in [6.07, 6.45) is 2.75. The van der Waals surface area contributed by atoms with E-state index in [-0.39, 0.29) is 12.5 Å². The van der Waals surface area contributed by atoms with Crippen LogP contribution in [0.5, 0.6) is 0 Å². The summed E-state index contributed by atoms with van der Waals surface area (Å²) in [7, 11) is 0. The number of amides is 1. The highest BCUT2D eigenvalue weighted by Gasteiger charge is 2.25. The lowest BCUT2D eigenvalue weighted by Gasteiger charge is -2.30. The lowest BCUT2D eigenvalue weighted by molar-refractivity contribution is -0.121. The van der Waals surface area contributed by atoms with E-state index in [0.717, 1.165) is 6.42 Å². The molecular weight excluding hydrogens is 240 g/mol. The van der Waals surface area contributed by atoms with Crippen molar-refractivity contribution in [2.24, 2.45) is 0 Å². The highest BCUT2D eigenvalue weighted by atomic mass is 16.2. The topological polar surface area (TPSA) is 72.9 Å². The van der Waals surface area contributed by atoms with Gasteiger partial charge in [0, 0.05) is 18.7 Å². The fraction of sp³-hybridized carbons (Fsp3) is 0.286. The molecule has 1 aliphatic rings. The van der Waals surface area contributed by atoms with Crippen LogP contribution in [0.2, 0.25) is 0 Å². The van der Waals surface area contributed by atoms with Gasteiger partial charge >= 0.3 is 0 Å². The van der Waals surface area contributed by atoms with Crippen molar-refractivity contribution in [1.29, 1.82) is 0 Å². The van der Waals surface area contributed by atoms with Crippen LogP contribution in [0, 0.1) is 0 Å². The number of carbonyl (C=O) groups excluding carboxylic acids is 1. The summed E-state index contributed by atoms with van der Waals surface area (Å²) < 4.78 is 1.54. The van der Waals surface area contributed by atoms with Crippen molar-refractivity contribution < 1.29 is 4.79 Å². The molecule has 98 valence electrons. The summed E-state index contributed by atoms with van der Waals surface area (Å²) in [5, 5.41) is 6.92. The molecule has 1 heterocycles. The molecule has 0 radical (unpaired) electrons. The van der Waals surface area contributed by atoms with Crippen LogP contribution < -0.4 is 11.1 Å². The average molecular weight is 256 g/mol. The first kappa shape index (κ1) is 11.8. The molecule has 1 unspecified atom stereocenters. The van der Waals surface area contributed by atoms with Gasteiger partial charge in [-0.15, -0.1) is 0 Å². The van der Waals surface area contributed by atoms with E-state index in [1.165, 1.54) is 11.1 Å². The minimum atomic E-state index is -0.0347. The molecule has 1 aliphatic carbocycles. The zero-order valence-electron chi connectivity index (χ0n) is 10.5. The lowest BCUT2D eigenvalue weighted by atomic mass is 9.77. The highest BCUT2D eigenvalue weighted by molar-refractivity contribution is 5.75. The maximum Gasteiger partial charge on any atom is 0.241 e.